The summed E-state index contributed by atoms with van der Waals surface area (Å²) in [6.45, 7) is 3.44. The molecule has 25 heavy (non-hydrogen) atoms. The summed E-state index contributed by atoms with van der Waals surface area (Å²) in [5, 5.41) is 4.78. The Bertz CT molecular complexity index is 972. The first-order chi connectivity index (χ1) is 12.3. The van der Waals surface area contributed by atoms with Crippen LogP contribution in [0, 0.1) is 0 Å². The second kappa shape index (κ2) is 5.70. The number of imidazole rings is 1. The number of nitrogens with zero attached hydrogens (tertiary/aromatic N) is 5. The van der Waals surface area contributed by atoms with Gasteiger partial charge in [0, 0.05) is 31.3 Å². The Kier molecular flexibility index (Phi) is 3.34. The Labute approximate surface area is 144 Å². The highest BCUT2D eigenvalue weighted by atomic mass is 16.5. The molecule has 2 aliphatic heterocycles. The number of rotatable bonds is 2. The molecule has 128 valence electrons. The van der Waals surface area contributed by atoms with Gasteiger partial charge in [0.1, 0.15) is 5.82 Å². The minimum absolute atomic E-state index is 0.00428. The van der Waals surface area contributed by atoms with Gasteiger partial charge in [-0.3, -0.25) is 9.36 Å². The van der Waals surface area contributed by atoms with Gasteiger partial charge in [0.15, 0.2) is 11.3 Å². The van der Waals surface area contributed by atoms with Gasteiger partial charge in [0.25, 0.3) is 5.56 Å². The van der Waals surface area contributed by atoms with Crippen LogP contribution >= 0.6 is 0 Å². The van der Waals surface area contributed by atoms with Crippen LogP contribution in [0.2, 0.25) is 0 Å². The van der Waals surface area contributed by atoms with E-state index in [2.05, 4.69) is 22.0 Å². The molecule has 0 aliphatic carbocycles. The van der Waals surface area contributed by atoms with Gasteiger partial charge < -0.3 is 9.64 Å². The molecule has 5 rings (SSSR count). The summed E-state index contributed by atoms with van der Waals surface area (Å²) in [5.41, 5.74) is 1.70. The fourth-order valence-electron chi connectivity index (χ4n) is 3.73. The van der Waals surface area contributed by atoms with Crippen LogP contribution in [-0.4, -0.2) is 38.9 Å². The molecule has 7 heteroatoms. The van der Waals surface area contributed by atoms with Gasteiger partial charge in [-0.05, 0) is 18.6 Å². The highest BCUT2D eigenvalue weighted by molar-refractivity contribution is 5.48. The topological polar surface area (TPSA) is 64.7 Å². The number of para-hydroxylation sites is 1. The van der Waals surface area contributed by atoms with E-state index < -0.39 is 0 Å². The van der Waals surface area contributed by atoms with E-state index in [4.69, 9.17) is 9.84 Å². The van der Waals surface area contributed by atoms with Gasteiger partial charge in [-0.2, -0.15) is 5.10 Å². The third-order valence-corrected chi connectivity index (χ3v) is 5.10. The van der Waals surface area contributed by atoms with Crippen molar-refractivity contribution in [2.24, 2.45) is 0 Å². The smallest absolute Gasteiger partial charge is 0.279 e. The zero-order valence-electron chi connectivity index (χ0n) is 13.8. The van der Waals surface area contributed by atoms with E-state index in [-0.39, 0.29) is 11.5 Å². The average molecular weight is 337 g/mol. The molecule has 0 amide bonds. The summed E-state index contributed by atoms with van der Waals surface area (Å²) in [6.07, 6.45) is 2.58. The van der Waals surface area contributed by atoms with Gasteiger partial charge in [0.05, 0.1) is 19.3 Å². The van der Waals surface area contributed by atoms with Crippen molar-refractivity contribution in [3.63, 3.8) is 0 Å². The highest BCUT2D eigenvalue weighted by Crippen LogP contribution is 2.24. The maximum Gasteiger partial charge on any atom is 0.279 e. The molecule has 1 atom stereocenters. The monoisotopic (exact) mass is 337 g/mol. The van der Waals surface area contributed by atoms with Crippen molar-refractivity contribution in [3.8, 4) is 0 Å². The van der Waals surface area contributed by atoms with Gasteiger partial charge in [-0.25, -0.2) is 9.50 Å². The predicted octanol–water partition coefficient (Wildman–Crippen LogP) is 1.42. The normalized spacial score (nSPS) is 20.2. The van der Waals surface area contributed by atoms with Crippen molar-refractivity contribution >= 4 is 11.2 Å². The number of benzene rings is 1. The molecule has 4 heterocycles. The van der Waals surface area contributed by atoms with E-state index >= 15 is 0 Å². The molecular formula is C18H19N5O2. The van der Waals surface area contributed by atoms with E-state index in [0.29, 0.717) is 25.2 Å². The van der Waals surface area contributed by atoms with E-state index in [0.717, 1.165) is 36.9 Å². The molecule has 1 unspecified atom stereocenters. The molecule has 0 bridgehead atoms. The number of fused-ring (bicyclic) bond motifs is 2. The van der Waals surface area contributed by atoms with Gasteiger partial charge in [0.2, 0.25) is 0 Å². The van der Waals surface area contributed by atoms with Crippen LogP contribution in [0.15, 0.2) is 41.3 Å². The molecular weight excluding hydrogens is 318 g/mol. The number of anilines is 1. The largest absolute Gasteiger partial charge is 0.381 e. The number of ether oxygens (including phenoxy) is 1. The van der Waals surface area contributed by atoms with Crippen molar-refractivity contribution in [3.05, 3.63) is 58.5 Å². The maximum atomic E-state index is 12.9. The molecule has 0 N–H and O–H groups in total. The van der Waals surface area contributed by atoms with Crippen molar-refractivity contribution in [1.29, 1.82) is 0 Å². The fraction of sp³-hybridized carbons (Fsp3) is 0.389. The standard InChI is InChI=1S/C18H19N5O2/c24-18-15-10-19-17(13-6-9-25-12-13)23(15)20-16-11-21(7-8-22(16)18)14-4-2-1-3-5-14/h1-5,10,13H,6-9,11-12H2. The van der Waals surface area contributed by atoms with Crippen molar-refractivity contribution in [1.82, 2.24) is 19.2 Å². The summed E-state index contributed by atoms with van der Waals surface area (Å²) >= 11 is 0. The molecule has 3 aromatic rings. The summed E-state index contributed by atoms with van der Waals surface area (Å²) < 4.78 is 9.00. The zero-order chi connectivity index (χ0) is 16.8. The van der Waals surface area contributed by atoms with Gasteiger partial charge >= 0.3 is 0 Å². The first-order valence-corrected chi connectivity index (χ1v) is 8.66. The minimum Gasteiger partial charge on any atom is -0.381 e. The quantitative estimate of drug-likeness (QED) is 0.707. The second-order valence-corrected chi connectivity index (χ2v) is 6.60. The minimum atomic E-state index is -0.00428. The molecule has 0 spiro atoms. The highest BCUT2D eigenvalue weighted by Gasteiger charge is 2.26. The summed E-state index contributed by atoms with van der Waals surface area (Å²) in [7, 11) is 0. The molecule has 0 saturated carbocycles. The number of hydrogen-bond donors (Lipinski definition) is 0. The summed E-state index contributed by atoms with van der Waals surface area (Å²) in [4.78, 5) is 19.6. The SMILES string of the molecule is O=c1c2cnc(C3CCOC3)n2nc2n1CCN(c1ccccc1)C2. The first kappa shape index (κ1) is 14.7. The number of hydrogen-bond acceptors (Lipinski definition) is 5. The van der Waals surface area contributed by atoms with Crippen LogP contribution in [0.5, 0.6) is 0 Å². The maximum absolute atomic E-state index is 12.9. The lowest BCUT2D eigenvalue weighted by Crippen LogP contribution is -2.41. The molecule has 7 nitrogen and oxygen atoms in total. The summed E-state index contributed by atoms with van der Waals surface area (Å²) in [5.74, 6) is 1.84. The van der Waals surface area contributed by atoms with Crippen LogP contribution in [0.25, 0.3) is 5.52 Å². The van der Waals surface area contributed by atoms with Crippen molar-refractivity contribution < 1.29 is 4.74 Å². The molecule has 1 fully saturated rings. The average Bonchev–Trinajstić information content (AvgIpc) is 3.31. The zero-order valence-corrected chi connectivity index (χ0v) is 13.8. The Morgan fingerprint density at radius 2 is 2.04 bits per heavy atom. The molecule has 1 aromatic carbocycles. The molecule has 0 radical (unpaired) electrons. The van der Waals surface area contributed by atoms with Gasteiger partial charge in [-0.15, -0.1) is 0 Å². The molecule has 2 aromatic heterocycles. The van der Waals surface area contributed by atoms with Crippen LogP contribution in [0.4, 0.5) is 5.69 Å². The lowest BCUT2D eigenvalue weighted by atomic mass is 10.1. The number of aromatic nitrogens is 4. The van der Waals surface area contributed by atoms with Crippen LogP contribution in [0.3, 0.4) is 0 Å². The Morgan fingerprint density at radius 1 is 1.16 bits per heavy atom. The van der Waals surface area contributed by atoms with Crippen LogP contribution in [0.1, 0.15) is 24.0 Å². The van der Waals surface area contributed by atoms with Gasteiger partial charge in [-0.1, -0.05) is 18.2 Å². The lowest BCUT2D eigenvalue weighted by Gasteiger charge is -2.30. The fourth-order valence-corrected chi connectivity index (χ4v) is 3.73. The van der Waals surface area contributed by atoms with Crippen molar-refractivity contribution in [2.45, 2.75) is 25.4 Å². The van der Waals surface area contributed by atoms with E-state index in [1.807, 2.05) is 18.2 Å². The molecule has 1 saturated heterocycles. The second-order valence-electron chi connectivity index (χ2n) is 6.60. The van der Waals surface area contributed by atoms with Crippen LogP contribution < -0.4 is 10.5 Å². The molecule has 2 aliphatic rings. The summed E-state index contributed by atoms with van der Waals surface area (Å²) in [6, 6.07) is 10.2. The first-order valence-electron chi connectivity index (χ1n) is 8.66. The van der Waals surface area contributed by atoms with E-state index in [1.54, 1.807) is 15.3 Å². The Hall–Kier alpha value is -2.67. The Morgan fingerprint density at radius 3 is 2.84 bits per heavy atom. The predicted molar refractivity (Wildman–Crippen MR) is 92.9 cm³/mol. The third-order valence-electron chi connectivity index (χ3n) is 5.10. The lowest BCUT2D eigenvalue weighted by molar-refractivity contribution is 0.193. The van der Waals surface area contributed by atoms with Crippen molar-refractivity contribution in [2.75, 3.05) is 24.7 Å². The van der Waals surface area contributed by atoms with Crippen LogP contribution in [-0.2, 0) is 17.8 Å². The van der Waals surface area contributed by atoms with E-state index in [9.17, 15) is 4.79 Å². The third kappa shape index (κ3) is 2.34. The Balaban J connectivity index is 1.59. The van der Waals surface area contributed by atoms with E-state index in [1.165, 1.54) is 0 Å².